The smallest absolute Gasteiger partial charge is 0.306 e. The molecule has 0 aromatic carbocycles. The number of rotatable bonds is 12. The van der Waals surface area contributed by atoms with Gasteiger partial charge in [-0.15, -0.1) is 0 Å². The zero-order valence-electron chi connectivity index (χ0n) is 13.5. The number of esters is 2. The molecule has 0 N–H and O–H groups in total. The van der Waals surface area contributed by atoms with Gasteiger partial charge in [0, 0.05) is 12.8 Å². The fourth-order valence-corrected chi connectivity index (χ4v) is 1.68. The van der Waals surface area contributed by atoms with Gasteiger partial charge in [-0.2, -0.15) is 0 Å². The minimum Gasteiger partial charge on any atom is -0.466 e. The number of ether oxygens (including phenoxy) is 2. The summed E-state index contributed by atoms with van der Waals surface area (Å²) in [5.41, 5.74) is 0. The molecular formula is C16H28O5. The Morgan fingerprint density at radius 3 is 2.14 bits per heavy atom. The number of carbonyl (C=O) groups excluding carboxylic acids is 3. The van der Waals surface area contributed by atoms with Crippen LogP contribution in [0.25, 0.3) is 0 Å². The quantitative estimate of drug-likeness (QED) is 0.409. The molecule has 5 nitrogen and oxygen atoms in total. The lowest BCUT2D eigenvalue weighted by Crippen LogP contribution is -2.21. The Morgan fingerprint density at radius 1 is 0.905 bits per heavy atom. The molecule has 1 atom stereocenters. The molecule has 0 heterocycles. The van der Waals surface area contributed by atoms with Gasteiger partial charge in [-0.25, -0.2) is 0 Å². The SMILES string of the molecule is CCCCCCCOC(=O)CCCC(=O)OC(C)C(C)=O. The van der Waals surface area contributed by atoms with Crippen molar-refractivity contribution in [3.63, 3.8) is 0 Å². The Hall–Kier alpha value is -1.39. The van der Waals surface area contributed by atoms with E-state index >= 15 is 0 Å². The second kappa shape index (κ2) is 12.4. The van der Waals surface area contributed by atoms with Crippen molar-refractivity contribution >= 4 is 17.7 Å². The maximum absolute atomic E-state index is 11.4. The molecule has 0 saturated carbocycles. The van der Waals surface area contributed by atoms with E-state index in [0.717, 1.165) is 12.8 Å². The van der Waals surface area contributed by atoms with Crippen LogP contribution in [-0.4, -0.2) is 30.4 Å². The number of unbranched alkanes of at least 4 members (excludes halogenated alkanes) is 4. The van der Waals surface area contributed by atoms with Crippen LogP contribution in [0.1, 0.15) is 72.1 Å². The first-order chi connectivity index (χ1) is 9.97. The van der Waals surface area contributed by atoms with Crippen molar-refractivity contribution in [2.24, 2.45) is 0 Å². The van der Waals surface area contributed by atoms with Gasteiger partial charge in [-0.1, -0.05) is 32.6 Å². The summed E-state index contributed by atoms with van der Waals surface area (Å²) in [4.78, 5) is 33.7. The zero-order valence-corrected chi connectivity index (χ0v) is 13.5. The maximum atomic E-state index is 11.4. The Labute approximate surface area is 127 Å². The van der Waals surface area contributed by atoms with Gasteiger partial charge in [-0.05, 0) is 26.7 Å². The third-order valence-electron chi connectivity index (χ3n) is 3.15. The normalized spacial score (nSPS) is 11.8. The second-order valence-electron chi connectivity index (χ2n) is 5.23. The first kappa shape index (κ1) is 19.6. The third kappa shape index (κ3) is 12.1. The molecule has 0 saturated heterocycles. The molecule has 122 valence electrons. The molecule has 5 heteroatoms. The van der Waals surface area contributed by atoms with Crippen LogP contribution in [-0.2, 0) is 23.9 Å². The van der Waals surface area contributed by atoms with Crippen LogP contribution in [0.3, 0.4) is 0 Å². The van der Waals surface area contributed by atoms with Gasteiger partial charge in [-0.3, -0.25) is 14.4 Å². The predicted octanol–water partition coefficient (Wildman–Crippen LogP) is 3.19. The van der Waals surface area contributed by atoms with E-state index < -0.39 is 12.1 Å². The van der Waals surface area contributed by atoms with E-state index in [4.69, 9.17) is 9.47 Å². The van der Waals surface area contributed by atoms with E-state index in [1.165, 1.54) is 33.1 Å². The summed E-state index contributed by atoms with van der Waals surface area (Å²) < 4.78 is 9.97. The lowest BCUT2D eigenvalue weighted by Gasteiger charge is -2.09. The molecule has 0 fully saturated rings. The molecular weight excluding hydrogens is 272 g/mol. The van der Waals surface area contributed by atoms with Crippen LogP contribution in [0.5, 0.6) is 0 Å². The van der Waals surface area contributed by atoms with Crippen molar-refractivity contribution in [2.75, 3.05) is 6.61 Å². The summed E-state index contributed by atoms with van der Waals surface area (Å²) in [7, 11) is 0. The van der Waals surface area contributed by atoms with Crippen molar-refractivity contribution in [1.82, 2.24) is 0 Å². The van der Waals surface area contributed by atoms with Gasteiger partial charge in [0.2, 0.25) is 0 Å². The summed E-state index contributed by atoms with van der Waals surface area (Å²) >= 11 is 0. The molecule has 0 aliphatic carbocycles. The van der Waals surface area contributed by atoms with Crippen LogP contribution in [0.4, 0.5) is 0 Å². The van der Waals surface area contributed by atoms with Gasteiger partial charge in [0.1, 0.15) is 0 Å². The second-order valence-corrected chi connectivity index (χ2v) is 5.23. The summed E-state index contributed by atoms with van der Waals surface area (Å²) in [5, 5.41) is 0. The lowest BCUT2D eigenvalue weighted by molar-refractivity contribution is -0.153. The van der Waals surface area contributed by atoms with E-state index in [2.05, 4.69) is 6.92 Å². The molecule has 21 heavy (non-hydrogen) atoms. The molecule has 1 unspecified atom stereocenters. The van der Waals surface area contributed by atoms with Crippen LogP contribution in [0.15, 0.2) is 0 Å². The highest BCUT2D eigenvalue weighted by Crippen LogP contribution is 2.05. The van der Waals surface area contributed by atoms with Crippen LogP contribution in [0.2, 0.25) is 0 Å². The number of Topliss-reactive ketones (excluding diaryl/α,β-unsaturated/α-hetero) is 1. The number of hydrogen-bond donors (Lipinski definition) is 0. The predicted molar refractivity (Wildman–Crippen MR) is 79.8 cm³/mol. The molecule has 0 bridgehead atoms. The van der Waals surface area contributed by atoms with Crippen molar-refractivity contribution in [2.45, 2.75) is 78.2 Å². The lowest BCUT2D eigenvalue weighted by atomic mass is 10.2. The first-order valence-electron chi connectivity index (χ1n) is 7.83. The molecule has 0 aliphatic heterocycles. The summed E-state index contributed by atoms with van der Waals surface area (Å²) in [6.45, 7) is 5.51. The molecule has 0 aliphatic rings. The highest BCUT2D eigenvalue weighted by molar-refractivity contribution is 5.83. The van der Waals surface area contributed by atoms with Gasteiger partial charge in [0.25, 0.3) is 0 Å². The van der Waals surface area contributed by atoms with Crippen molar-refractivity contribution < 1.29 is 23.9 Å². The largest absolute Gasteiger partial charge is 0.466 e. The van der Waals surface area contributed by atoms with Crippen LogP contribution < -0.4 is 0 Å². The topological polar surface area (TPSA) is 69.7 Å². The molecule has 0 aromatic rings. The van der Waals surface area contributed by atoms with E-state index in [9.17, 15) is 14.4 Å². The fourth-order valence-electron chi connectivity index (χ4n) is 1.68. The number of carbonyl (C=O) groups is 3. The van der Waals surface area contributed by atoms with Crippen molar-refractivity contribution in [1.29, 1.82) is 0 Å². The molecule has 0 rings (SSSR count). The third-order valence-corrected chi connectivity index (χ3v) is 3.15. The minimum absolute atomic E-state index is 0.128. The van der Waals surface area contributed by atoms with E-state index in [1.807, 2.05) is 0 Å². The van der Waals surface area contributed by atoms with Crippen molar-refractivity contribution in [3.05, 3.63) is 0 Å². The fraction of sp³-hybridized carbons (Fsp3) is 0.812. The molecule has 0 amide bonds. The van der Waals surface area contributed by atoms with Crippen molar-refractivity contribution in [3.8, 4) is 0 Å². The van der Waals surface area contributed by atoms with Gasteiger partial charge < -0.3 is 9.47 Å². The Bertz CT molecular complexity index is 325. The molecule has 0 spiro atoms. The Kier molecular flexibility index (Phi) is 11.5. The highest BCUT2D eigenvalue weighted by Gasteiger charge is 2.13. The highest BCUT2D eigenvalue weighted by atomic mass is 16.5. The van der Waals surface area contributed by atoms with E-state index in [-0.39, 0.29) is 24.6 Å². The zero-order chi connectivity index (χ0) is 16.1. The molecule has 0 radical (unpaired) electrons. The monoisotopic (exact) mass is 300 g/mol. The average Bonchev–Trinajstić information content (AvgIpc) is 2.42. The van der Waals surface area contributed by atoms with Gasteiger partial charge >= 0.3 is 11.9 Å². The van der Waals surface area contributed by atoms with E-state index in [0.29, 0.717) is 13.0 Å². The van der Waals surface area contributed by atoms with E-state index in [1.54, 1.807) is 0 Å². The summed E-state index contributed by atoms with van der Waals surface area (Å²) in [6, 6.07) is 0. The van der Waals surface area contributed by atoms with Crippen LogP contribution >= 0.6 is 0 Å². The number of hydrogen-bond acceptors (Lipinski definition) is 5. The number of ketones is 1. The Balaban J connectivity index is 3.52. The minimum atomic E-state index is -0.715. The standard InChI is InChI=1S/C16H28O5/c1-4-5-6-7-8-12-20-15(18)10-9-11-16(19)21-14(3)13(2)17/h14H,4-12H2,1-3H3. The Morgan fingerprint density at radius 2 is 1.52 bits per heavy atom. The maximum Gasteiger partial charge on any atom is 0.306 e. The summed E-state index contributed by atoms with van der Waals surface area (Å²) in [5.74, 6) is -0.922. The first-order valence-corrected chi connectivity index (χ1v) is 7.83. The average molecular weight is 300 g/mol. The van der Waals surface area contributed by atoms with Gasteiger partial charge in [0.05, 0.1) is 6.61 Å². The summed E-state index contributed by atoms with van der Waals surface area (Å²) in [6.07, 6.45) is 5.56. The molecule has 0 aromatic heterocycles. The van der Waals surface area contributed by atoms with Crippen LogP contribution in [0, 0.1) is 0 Å². The van der Waals surface area contributed by atoms with Gasteiger partial charge in [0.15, 0.2) is 11.9 Å².